The third-order valence-corrected chi connectivity index (χ3v) is 3.78. The molecule has 126 valence electrons. The van der Waals surface area contributed by atoms with Crippen LogP contribution in [0.4, 0.5) is 4.39 Å². The molecule has 1 saturated heterocycles. The summed E-state index contributed by atoms with van der Waals surface area (Å²) in [6.45, 7) is 7.02. The fourth-order valence-electron chi connectivity index (χ4n) is 2.19. The maximum absolute atomic E-state index is 12.9. The third kappa shape index (κ3) is 4.51. The number of ether oxygens (including phenoxy) is 2. The minimum Gasteiger partial charge on any atom is -0.463 e. The van der Waals surface area contributed by atoms with Crippen LogP contribution in [0.25, 0.3) is 0 Å². The van der Waals surface area contributed by atoms with Gasteiger partial charge in [0.05, 0.1) is 13.2 Å². The monoisotopic (exact) mass is 323 g/mol. The molecule has 0 spiro atoms. The van der Waals surface area contributed by atoms with Crippen LogP contribution in [0.1, 0.15) is 31.1 Å². The van der Waals surface area contributed by atoms with Crippen molar-refractivity contribution in [3.05, 3.63) is 35.6 Å². The Morgan fingerprint density at radius 3 is 2.39 bits per heavy atom. The SMILES string of the molecule is CC(C)C(NC(=O)c1ccc(F)cc1)C(=O)OCC1(C)COC1. The van der Waals surface area contributed by atoms with Crippen LogP contribution in [0.2, 0.25) is 0 Å². The highest BCUT2D eigenvalue weighted by Crippen LogP contribution is 2.26. The quantitative estimate of drug-likeness (QED) is 0.815. The van der Waals surface area contributed by atoms with E-state index in [1.165, 1.54) is 24.3 Å². The molecule has 23 heavy (non-hydrogen) atoms. The number of amides is 1. The molecule has 1 aromatic carbocycles. The molecule has 1 amide bonds. The number of hydrogen-bond acceptors (Lipinski definition) is 4. The zero-order valence-corrected chi connectivity index (χ0v) is 13.6. The molecule has 0 bridgehead atoms. The number of carbonyl (C=O) groups is 2. The molecule has 5 nitrogen and oxygen atoms in total. The van der Waals surface area contributed by atoms with E-state index in [2.05, 4.69) is 5.32 Å². The van der Waals surface area contributed by atoms with Gasteiger partial charge in [0.25, 0.3) is 5.91 Å². The van der Waals surface area contributed by atoms with Gasteiger partial charge in [0.2, 0.25) is 0 Å². The minimum atomic E-state index is -0.753. The highest BCUT2D eigenvalue weighted by molar-refractivity contribution is 5.96. The summed E-state index contributed by atoms with van der Waals surface area (Å²) < 4.78 is 23.4. The Kier molecular flexibility index (Phi) is 5.36. The molecule has 1 aliphatic heterocycles. The number of esters is 1. The summed E-state index contributed by atoms with van der Waals surface area (Å²) in [5.41, 5.74) is 0.155. The standard InChI is InChI=1S/C17H22FNO4/c1-11(2)14(16(21)23-10-17(3)8-22-9-17)19-15(20)12-4-6-13(18)7-5-12/h4-7,11,14H,8-10H2,1-3H3,(H,19,20). The highest BCUT2D eigenvalue weighted by Gasteiger charge is 2.36. The predicted octanol–water partition coefficient (Wildman–Crippen LogP) is 2.16. The van der Waals surface area contributed by atoms with Crippen LogP contribution in [0.5, 0.6) is 0 Å². The van der Waals surface area contributed by atoms with E-state index in [0.717, 1.165) is 0 Å². The molecule has 0 saturated carbocycles. The average molecular weight is 323 g/mol. The van der Waals surface area contributed by atoms with Crippen LogP contribution in [0.15, 0.2) is 24.3 Å². The summed E-state index contributed by atoms with van der Waals surface area (Å²) in [5, 5.41) is 2.66. The van der Waals surface area contributed by atoms with Gasteiger partial charge < -0.3 is 14.8 Å². The predicted molar refractivity (Wildman–Crippen MR) is 82.4 cm³/mol. The molecule has 1 aliphatic rings. The Hall–Kier alpha value is -1.95. The van der Waals surface area contributed by atoms with Crippen molar-refractivity contribution < 1.29 is 23.5 Å². The first kappa shape index (κ1) is 17.4. The molecule has 1 fully saturated rings. The van der Waals surface area contributed by atoms with E-state index in [9.17, 15) is 14.0 Å². The molecule has 2 rings (SSSR count). The largest absolute Gasteiger partial charge is 0.463 e. The molecule has 0 radical (unpaired) electrons. The molecule has 1 N–H and O–H groups in total. The number of halogens is 1. The van der Waals surface area contributed by atoms with Crippen molar-refractivity contribution >= 4 is 11.9 Å². The van der Waals surface area contributed by atoms with E-state index in [1.807, 2.05) is 20.8 Å². The second-order valence-corrected chi connectivity index (χ2v) is 6.61. The molecule has 1 atom stereocenters. The Morgan fingerprint density at radius 1 is 1.30 bits per heavy atom. The second-order valence-electron chi connectivity index (χ2n) is 6.61. The van der Waals surface area contributed by atoms with Crippen molar-refractivity contribution in [3.8, 4) is 0 Å². The van der Waals surface area contributed by atoms with E-state index < -0.39 is 23.7 Å². The summed E-state index contributed by atoms with van der Waals surface area (Å²) in [6, 6.07) is 4.40. The number of benzene rings is 1. The molecular formula is C17H22FNO4. The van der Waals surface area contributed by atoms with Gasteiger partial charge in [0.15, 0.2) is 0 Å². The first-order chi connectivity index (χ1) is 10.8. The fourth-order valence-corrected chi connectivity index (χ4v) is 2.19. The second kappa shape index (κ2) is 7.08. The van der Waals surface area contributed by atoms with Crippen molar-refractivity contribution in [2.75, 3.05) is 19.8 Å². The molecule has 0 aromatic heterocycles. The van der Waals surface area contributed by atoms with Crippen molar-refractivity contribution in [3.63, 3.8) is 0 Å². The Balaban J connectivity index is 1.95. The normalized spacial score (nSPS) is 17.3. The zero-order valence-electron chi connectivity index (χ0n) is 13.6. The average Bonchev–Trinajstić information content (AvgIpc) is 2.48. The highest BCUT2D eigenvalue weighted by atomic mass is 19.1. The van der Waals surface area contributed by atoms with E-state index in [1.54, 1.807) is 0 Å². The number of carbonyl (C=O) groups excluding carboxylic acids is 2. The van der Waals surface area contributed by atoms with Crippen LogP contribution >= 0.6 is 0 Å². The van der Waals surface area contributed by atoms with E-state index in [0.29, 0.717) is 18.8 Å². The van der Waals surface area contributed by atoms with Crippen LogP contribution in [0, 0.1) is 17.2 Å². The third-order valence-electron chi connectivity index (χ3n) is 3.78. The lowest BCUT2D eigenvalue weighted by molar-refractivity contribution is -0.167. The molecule has 1 heterocycles. The number of nitrogens with one attached hydrogen (secondary N) is 1. The summed E-state index contributed by atoms with van der Waals surface area (Å²) in [4.78, 5) is 24.4. The smallest absolute Gasteiger partial charge is 0.328 e. The fraction of sp³-hybridized carbons (Fsp3) is 0.529. The van der Waals surface area contributed by atoms with Gasteiger partial charge in [-0.25, -0.2) is 9.18 Å². The first-order valence-corrected chi connectivity index (χ1v) is 7.61. The van der Waals surface area contributed by atoms with Crippen LogP contribution in [-0.4, -0.2) is 37.7 Å². The number of hydrogen-bond donors (Lipinski definition) is 1. The topological polar surface area (TPSA) is 64.6 Å². The summed E-state index contributed by atoms with van der Waals surface area (Å²) >= 11 is 0. The van der Waals surface area contributed by atoms with Crippen molar-refractivity contribution in [2.24, 2.45) is 11.3 Å². The van der Waals surface area contributed by atoms with E-state index >= 15 is 0 Å². The molecule has 1 unspecified atom stereocenters. The van der Waals surface area contributed by atoms with Gasteiger partial charge in [-0.2, -0.15) is 0 Å². The van der Waals surface area contributed by atoms with Gasteiger partial charge in [-0.05, 0) is 30.2 Å². The maximum Gasteiger partial charge on any atom is 0.328 e. The summed E-state index contributed by atoms with van der Waals surface area (Å²) in [6.07, 6.45) is 0. The van der Waals surface area contributed by atoms with E-state index in [4.69, 9.17) is 9.47 Å². The van der Waals surface area contributed by atoms with Gasteiger partial charge in [-0.3, -0.25) is 4.79 Å². The Labute approximate surface area is 135 Å². The summed E-state index contributed by atoms with van der Waals surface area (Å²) in [7, 11) is 0. The van der Waals surface area contributed by atoms with Gasteiger partial charge in [-0.15, -0.1) is 0 Å². The lowest BCUT2D eigenvalue weighted by atomic mass is 9.90. The maximum atomic E-state index is 12.9. The van der Waals surface area contributed by atoms with Gasteiger partial charge in [0.1, 0.15) is 18.5 Å². The van der Waals surface area contributed by atoms with E-state index in [-0.39, 0.29) is 17.9 Å². The Bertz CT molecular complexity index is 566. The van der Waals surface area contributed by atoms with Gasteiger partial charge in [-0.1, -0.05) is 20.8 Å². The van der Waals surface area contributed by atoms with Gasteiger partial charge in [0, 0.05) is 11.0 Å². The molecule has 0 aliphatic carbocycles. The Morgan fingerprint density at radius 2 is 1.91 bits per heavy atom. The van der Waals surface area contributed by atoms with Crippen molar-refractivity contribution in [1.82, 2.24) is 5.32 Å². The first-order valence-electron chi connectivity index (χ1n) is 7.61. The zero-order chi connectivity index (χ0) is 17.0. The molecule has 1 aromatic rings. The molecular weight excluding hydrogens is 301 g/mol. The van der Waals surface area contributed by atoms with Crippen LogP contribution in [-0.2, 0) is 14.3 Å². The van der Waals surface area contributed by atoms with Crippen molar-refractivity contribution in [2.45, 2.75) is 26.8 Å². The lowest BCUT2D eigenvalue weighted by Gasteiger charge is -2.37. The number of rotatable bonds is 6. The molecule has 6 heteroatoms. The van der Waals surface area contributed by atoms with Gasteiger partial charge >= 0.3 is 5.97 Å². The van der Waals surface area contributed by atoms with Crippen LogP contribution < -0.4 is 5.32 Å². The van der Waals surface area contributed by atoms with Crippen molar-refractivity contribution in [1.29, 1.82) is 0 Å². The van der Waals surface area contributed by atoms with Crippen LogP contribution in [0.3, 0.4) is 0 Å². The summed E-state index contributed by atoms with van der Waals surface area (Å²) in [5.74, 6) is -1.45. The minimum absolute atomic E-state index is 0.127. The lowest BCUT2D eigenvalue weighted by Crippen LogP contribution is -2.48.